The third kappa shape index (κ3) is 4.05. The van der Waals surface area contributed by atoms with Crippen LogP contribution in [0.4, 0.5) is 0 Å². The number of aromatic nitrogens is 2. The number of hydrogen-bond acceptors (Lipinski definition) is 3. The van der Waals surface area contributed by atoms with Gasteiger partial charge >= 0.3 is 0 Å². The normalized spacial score (nSPS) is 10.5. The van der Waals surface area contributed by atoms with Crippen LogP contribution in [-0.2, 0) is 4.79 Å². The van der Waals surface area contributed by atoms with Gasteiger partial charge in [0.1, 0.15) is 0 Å². The highest BCUT2D eigenvalue weighted by Crippen LogP contribution is 2.14. The van der Waals surface area contributed by atoms with Gasteiger partial charge in [0.2, 0.25) is 5.91 Å². The summed E-state index contributed by atoms with van der Waals surface area (Å²) in [7, 11) is 0. The van der Waals surface area contributed by atoms with E-state index in [9.17, 15) is 9.59 Å². The maximum atomic E-state index is 12.0. The van der Waals surface area contributed by atoms with Crippen LogP contribution in [0.1, 0.15) is 36.7 Å². The summed E-state index contributed by atoms with van der Waals surface area (Å²) in [6, 6.07) is 7.37. The minimum absolute atomic E-state index is 0.0356. The summed E-state index contributed by atoms with van der Waals surface area (Å²) in [5, 5.41) is 12.9. The van der Waals surface area contributed by atoms with Gasteiger partial charge in [-0.15, -0.1) is 0 Å². The highest BCUT2D eigenvalue weighted by molar-refractivity contribution is 6.05. The third-order valence-corrected chi connectivity index (χ3v) is 3.20. The molecule has 3 N–H and O–H groups in total. The molecular weight excluding hydrogens is 268 g/mol. The maximum Gasteiger partial charge on any atom is 0.272 e. The Balaban J connectivity index is 1.83. The van der Waals surface area contributed by atoms with Gasteiger partial charge in [0.25, 0.3) is 5.91 Å². The Hall–Kier alpha value is -2.37. The minimum atomic E-state index is -0.351. The number of hydrogen-bond donors (Lipinski definition) is 3. The molecule has 0 aliphatic carbocycles. The zero-order chi connectivity index (χ0) is 15.1. The SMILES string of the molecule is CCCCCNC(=O)CNC(=O)c1n[nH]c2ccccc12. The molecule has 0 aliphatic heterocycles. The first kappa shape index (κ1) is 15.0. The van der Waals surface area contributed by atoms with Gasteiger partial charge in [-0.1, -0.05) is 38.0 Å². The molecule has 2 rings (SSSR count). The molecule has 6 heteroatoms. The molecule has 0 fully saturated rings. The van der Waals surface area contributed by atoms with Crippen LogP contribution >= 0.6 is 0 Å². The fourth-order valence-corrected chi connectivity index (χ4v) is 2.05. The Bertz CT molecular complexity index is 621. The number of nitrogens with one attached hydrogen (secondary N) is 3. The summed E-state index contributed by atoms with van der Waals surface area (Å²) in [4.78, 5) is 23.6. The zero-order valence-corrected chi connectivity index (χ0v) is 12.1. The average molecular weight is 288 g/mol. The van der Waals surface area contributed by atoms with Gasteiger partial charge < -0.3 is 10.6 Å². The van der Waals surface area contributed by atoms with Gasteiger partial charge in [-0.3, -0.25) is 14.7 Å². The van der Waals surface area contributed by atoms with Crippen molar-refractivity contribution in [3.8, 4) is 0 Å². The average Bonchev–Trinajstić information content (AvgIpc) is 2.93. The van der Waals surface area contributed by atoms with Crippen LogP contribution in [-0.4, -0.2) is 35.1 Å². The fourth-order valence-electron chi connectivity index (χ4n) is 2.05. The lowest BCUT2D eigenvalue weighted by Crippen LogP contribution is -2.37. The predicted molar refractivity (Wildman–Crippen MR) is 81.0 cm³/mol. The minimum Gasteiger partial charge on any atom is -0.355 e. The monoisotopic (exact) mass is 288 g/mol. The number of nitrogens with zero attached hydrogens (tertiary/aromatic N) is 1. The molecule has 6 nitrogen and oxygen atoms in total. The number of aromatic amines is 1. The lowest BCUT2D eigenvalue weighted by Gasteiger charge is -2.05. The fraction of sp³-hybridized carbons (Fsp3) is 0.400. The summed E-state index contributed by atoms with van der Waals surface area (Å²) in [6.45, 7) is 2.72. The van der Waals surface area contributed by atoms with E-state index < -0.39 is 0 Å². The van der Waals surface area contributed by atoms with E-state index in [-0.39, 0.29) is 18.4 Å². The second-order valence-corrected chi connectivity index (χ2v) is 4.86. The molecule has 0 atom stereocenters. The summed E-state index contributed by atoms with van der Waals surface area (Å²) >= 11 is 0. The van der Waals surface area contributed by atoms with Crippen molar-refractivity contribution in [3.63, 3.8) is 0 Å². The lowest BCUT2D eigenvalue weighted by molar-refractivity contribution is -0.120. The molecule has 0 saturated carbocycles. The number of unbranched alkanes of at least 4 members (excludes halogenated alkanes) is 2. The number of amides is 2. The van der Waals surface area contributed by atoms with Crippen LogP contribution in [0.15, 0.2) is 24.3 Å². The van der Waals surface area contributed by atoms with Crippen LogP contribution in [0.3, 0.4) is 0 Å². The molecule has 112 valence electrons. The smallest absolute Gasteiger partial charge is 0.272 e. The second kappa shape index (κ2) is 7.42. The van der Waals surface area contributed by atoms with E-state index in [4.69, 9.17) is 0 Å². The molecule has 0 saturated heterocycles. The number of rotatable bonds is 7. The van der Waals surface area contributed by atoms with Crippen LogP contribution in [0, 0.1) is 0 Å². The first-order valence-corrected chi connectivity index (χ1v) is 7.20. The van der Waals surface area contributed by atoms with Gasteiger partial charge in [-0.2, -0.15) is 5.10 Å². The Morgan fingerprint density at radius 1 is 1.19 bits per heavy atom. The van der Waals surface area contributed by atoms with E-state index in [2.05, 4.69) is 27.8 Å². The van der Waals surface area contributed by atoms with Crippen molar-refractivity contribution in [2.24, 2.45) is 0 Å². The summed E-state index contributed by atoms with van der Waals surface area (Å²) in [5.74, 6) is -0.532. The highest BCUT2D eigenvalue weighted by atomic mass is 16.2. The van der Waals surface area contributed by atoms with E-state index >= 15 is 0 Å². The zero-order valence-electron chi connectivity index (χ0n) is 12.1. The lowest BCUT2D eigenvalue weighted by atomic mass is 10.2. The van der Waals surface area contributed by atoms with Gasteiger partial charge in [0.15, 0.2) is 5.69 Å². The van der Waals surface area contributed by atoms with Crippen LogP contribution < -0.4 is 10.6 Å². The van der Waals surface area contributed by atoms with E-state index in [0.717, 1.165) is 30.2 Å². The molecule has 1 heterocycles. The van der Waals surface area contributed by atoms with Crippen LogP contribution in [0.25, 0.3) is 10.9 Å². The largest absolute Gasteiger partial charge is 0.355 e. The summed E-state index contributed by atoms with van der Waals surface area (Å²) in [6.07, 6.45) is 3.16. The number of para-hydroxylation sites is 1. The van der Waals surface area contributed by atoms with Crippen LogP contribution in [0.2, 0.25) is 0 Å². The third-order valence-electron chi connectivity index (χ3n) is 3.20. The number of fused-ring (bicyclic) bond motifs is 1. The van der Waals surface area contributed by atoms with E-state index in [0.29, 0.717) is 12.2 Å². The Morgan fingerprint density at radius 3 is 2.81 bits per heavy atom. The number of carbonyl (C=O) groups excluding carboxylic acids is 2. The first-order chi connectivity index (χ1) is 10.2. The maximum absolute atomic E-state index is 12.0. The van der Waals surface area contributed by atoms with Crippen molar-refractivity contribution < 1.29 is 9.59 Å². The standard InChI is InChI=1S/C15H20N4O2/c1-2-3-6-9-16-13(20)10-17-15(21)14-11-7-4-5-8-12(11)18-19-14/h4-5,7-8H,2-3,6,9-10H2,1H3,(H,16,20)(H,17,21)(H,18,19). The predicted octanol–water partition coefficient (Wildman–Crippen LogP) is 1.60. The molecule has 0 aliphatic rings. The molecule has 2 aromatic rings. The van der Waals surface area contributed by atoms with E-state index in [1.165, 1.54) is 0 Å². The highest BCUT2D eigenvalue weighted by Gasteiger charge is 2.14. The van der Waals surface area contributed by atoms with Crippen molar-refractivity contribution in [2.45, 2.75) is 26.2 Å². The molecule has 0 radical (unpaired) electrons. The van der Waals surface area contributed by atoms with Crippen LogP contribution in [0.5, 0.6) is 0 Å². The number of benzene rings is 1. The van der Waals surface area contributed by atoms with Crippen molar-refractivity contribution >= 4 is 22.7 Å². The van der Waals surface area contributed by atoms with E-state index in [1.54, 1.807) is 0 Å². The molecule has 1 aromatic heterocycles. The topological polar surface area (TPSA) is 86.9 Å². The molecule has 21 heavy (non-hydrogen) atoms. The Labute approximate surface area is 123 Å². The van der Waals surface area contributed by atoms with E-state index in [1.807, 2.05) is 24.3 Å². The van der Waals surface area contributed by atoms with Gasteiger partial charge in [0.05, 0.1) is 12.1 Å². The van der Waals surface area contributed by atoms with Crippen molar-refractivity contribution in [3.05, 3.63) is 30.0 Å². The summed E-state index contributed by atoms with van der Waals surface area (Å²) in [5.41, 5.74) is 1.11. The number of H-pyrrole nitrogens is 1. The molecule has 2 amide bonds. The van der Waals surface area contributed by atoms with Crippen molar-refractivity contribution in [1.29, 1.82) is 0 Å². The van der Waals surface area contributed by atoms with Gasteiger partial charge in [-0.25, -0.2) is 0 Å². The van der Waals surface area contributed by atoms with Gasteiger partial charge in [0, 0.05) is 11.9 Å². The van der Waals surface area contributed by atoms with Gasteiger partial charge in [-0.05, 0) is 12.5 Å². The second-order valence-electron chi connectivity index (χ2n) is 4.86. The molecule has 0 unspecified atom stereocenters. The Morgan fingerprint density at radius 2 is 2.00 bits per heavy atom. The Kier molecular flexibility index (Phi) is 5.31. The molecular formula is C15H20N4O2. The first-order valence-electron chi connectivity index (χ1n) is 7.20. The summed E-state index contributed by atoms with van der Waals surface area (Å²) < 4.78 is 0. The van der Waals surface area contributed by atoms with Crippen molar-refractivity contribution in [2.75, 3.05) is 13.1 Å². The molecule has 0 spiro atoms. The quantitative estimate of drug-likeness (QED) is 0.676. The molecule has 1 aromatic carbocycles. The molecule has 0 bridgehead atoms. The number of carbonyl (C=O) groups is 2. The van der Waals surface area contributed by atoms with Crippen molar-refractivity contribution in [1.82, 2.24) is 20.8 Å².